The highest BCUT2D eigenvalue weighted by atomic mass is 79.9. The van der Waals surface area contributed by atoms with Crippen LogP contribution < -0.4 is 5.73 Å². The lowest BCUT2D eigenvalue weighted by Crippen LogP contribution is -2.47. The van der Waals surface area contributed by atoms with Crippen molar-refractivity contribution in [2.75, 3.05) is 6.61 Å². The second kappa shape index (κ2) is 8.15. The van der Waals surface area contributed by atoms with Crippen LogP contribution >= 0.6 is 15.9 Å². The Balaban J connectivity index is 1.59. The summed E-state index contributed by atoms with van der Waals surface area (Å²) in [5.41, 5.74) is 9.14. The molecule has 0 radical (unpaired) electrons. The van der Waals surface area contributed by atoms with Crippen LogP contribution in [0.4, 0.5) is 4.79 Å². The molecule has 4 aromatic rings. The molecule has 5 rings (SSSR count). The standard InChI is InChI=1S/C25H19BrN4O2/c26-22-10-5-14-29-21(17-28-23(22)29)12-11-18-6-4-9-20(16-18)25(19-7-2-1-3-8-19)13-15-32-30(25)24(27)31/h1-10,14,16-17H,13,15H2,(H2,27,31). The van der Waals surface area contributed by atoms with Gasteiger partial charge in [0.2, 0.25) is 0 Å². The number of nitrogens with two attached hydrogens (primary N) is 1. The maximum atomic E-state index is 12.3. The molecule has 2 N–H and O–H groups in total. The molecule has 0 aliphatic carbocycles. The summed E-state index contributed by atoms with van der Waals surface area (Å²) in [5, 5.41) is 1.29. The number of carbonyl (C=O) groups is 1. The van der Waals surface area contributed by atoms with Crippen molar-refractivity contribution in [3.8, 4) is 11.8 Å². The minimum atomic E-state index is -0.807. The summed E-state index contributed by atoms with van der Waals surface area (Å²) < 4.78 is 2.85. The first kappa shape index (κ1) is 20.3. The molecule has 1 atom stereocenters. The molecule has 7 heteroatoms. The number of halogens is 1. The Morgan fingerprint density at radius 1 is 1.06 bits per heavy atom. The first-order valence-electron chi connectivity index (χ1n) is 10.1. The molecule has 1 saturated heterocycles. The van der Waals surface area contributed by atoms with Crippen LogP contribution in [0.3, 0.4) is 0 Å². The third kappa shape index (κ3) is 3.34. The minimum absolute atomic E-state index is 0.393. The predicted molar refractivity (Wildman–Crippen MR) is 125 cm³/mol. The zero-order valence-electron chi connectivity index (χ0n) is 17.0. The van der Waals surface area contributed by atoms with Gasteiger partial charge in [0.05, 0.1) is 17.3 Å². The first-order chi connectivity index (χ1) is 15.6. The zero-order valence-corrected chi connectivity index (χ0v) is 18.6. The van der Waals surface area contributed by atoms with E-state index in [1.54, 1.807) is 6.20 Å². The van der Waals surface area contributed by atoms with Gasteiger partial charge in [0, 0.05) is 18.2 Å². The van der Waals surface area contributed by atoms with Crippen molar-refractivity contribution >= 4 is 27.6 Å². The van der Waals surface area contributed by atoms with E-state index in [1.165, 1.54) is 5.06 Å². The summed E-state index contributed by atoms with van der Waals surface area (Å²) in [6.07, 6.45) is 4.28. The fraction of sp³-hybridized carbons (Fsp3) is 0.120. The van der Waals surface area contributed by atoms with Crippen LogP contribution in [0.1, 0.15) is 28.8 Å². The van der Waals surface area contributed by atoms with Crippen molar-refractivity contribution in [3.05, 3.63) is 106 Å². The monoisotopic (exact) mass is 486 g/mol. The number of hydroxylamine groups is 2. The fourth-order valence-corrected chi connectivity index (χ4v) is 4.66. The molecular formula is C25H19BrN4O2. The SMILES string of the molecule is NC(=O)N1OCCC1(c1ccccc1)c1cccc(C#Cc2cnc3c(Br)cccn23)c1. The van der Waals surface area contributed by atoms with Gasteiger partial charge in [0.1, 0.15) is 11.2 Å². The van der Waals surface area contributed by atoms with Crippen LogP contribution in [0.2, 0.25) is 0 Å². The van der Waals surface area contributed by atoms with Gasteiger partial charge in [0.15, 0.2) is 5.65 Å². The Bertz CT molecular complexity index is 1370. The van der Waals surface area contributed by atoms with Crippen LogP contribution in [0.5, 0.6) is 0 Å². The van der Waals surface area contributed by atoms with Gasteiger partial charge in [-0.3, -0.25) is 9.24 Å². The second-order valence-electron chi connectivity index (χ2n) is 7.47. The number of nitrogens with zero attached hydrogens (tertiary/aromatic N) is 3. The van der Waals surface area contributed by atoms with Crippen molar-refractivity contribution < 1.29 is 9.63 Å². The Hall–Kier alpha value is -3.60. The van der Waals surface area contributed by atoms with Gasteiger partial charge < -0.3 is 5.73 Å². The van der Waals surface area contributed by atoms with Gasteiger partial charge in [-0.25, -0.2) is 9.78 Å². The van der Waals surface area contributed by atoms with Crippen molar-refractivity contribution in [2.24, 2.45) is 5.73 Å². The molecule has 2 aromatic heterocycles. The Morgan fingerprint density at radius 2 is 1.88 bits per heavy atom. The number of imidazole rings is 1. The summed E-state index contributed by atoms with van der Waals surface area (Å²) in [6.45, 7) is 0.393. The lowest BCUT2D eigenvalue weighted by Gasteiger charge is -2.36. The Morgan fingerprint density at radius 3 is 2.69 bits per heavy atom. The van der Waals surface area contributed by atoms with E-state index in [-0.39, 0.29) is 0 Å². The van der Waals surface area contributed by atoms with Crippen molar-refractivity contribution in [2.45, 2.75) is 12.0 Å². The fourth-order valence-electron chi connectivity index (χ4n) is 4.21. The lowest BCUT2D eigenvalue weighted by atomic mass is 9.80. The van der Waals surface area contributed by atoms with E-state index in [1.807, 2.05) is 77.3 Å². The zero-order chi connectivity index (χ0) is 22.1. The average Bonchev–Trinajstić information content (AvgIpc) is 3.45. The van der Waals surface area contributed by atoms with Gasteiger partial charge in [-0.1, -0.05) is 48.4 Å². The van der Waals surface area contributed by atoms with Gasteiger partial charge in [0.25, 0.3) is 0 Å². The van der Waals surface area contributed by atoms with Crippen molar-refractivity contribution in [3.63, 3.8) is 0 Å². The second-order valence-corrected chi connectivity index (χ2v) is 8.32. The largest absolute Gasteiger partial charge is 0.350 e. The molecule has 32 heavy (non-hydrogen) atoms. The number of benzene rings is 2. The summed E-state index contributed by atoms with van der Waals surface area (Å²) in [5.74, 6) is 6.44. The van der Waals surface area contributed by atoms with E-state index < -0.39 is 11.6 Å². The molecule has 0 spiro atoms. The number of amides is 2. The highest BCUT2D eigenvalue weighted by Gasteiger charge is 2.47. The quantitative estimate of drug-likeness (QED) is 0.425. The Labute approximate surface area is 193 Å². The molecule has 2 amide bonds. The number of hydrogen-bond donors (Lipinski definition) is 1. The van der Waals surface area contributed by atoms with Gasteiger partial charge in [-0.15, -0.1) is 0 Å². The molecule has 0 saturated carbocycles. The van der Waals surface area contributed by atoms with Crippen LogP contribution in [0.25, 0.3) is 5.65 Å². The normalized spacial score (nSPS) is 17.8. The third-order valence-corrected chi connectivity index (χ3v) is 6.26. The lowest BCUT2D eigenvalue weighted by molar-refractivity contribution is -0.107. The molecule has 6 nitrogen and oxygen atoms in total. The third-order valence-electron chi connectivity index (χ3n) is 5.65. The summed E-state index contributed by atoms with van der Waals surface area (Å²) >= 11 is 3.51. The summed E-state index contributed by atoms with van der Waals surface area (Å²) in [7, 11) is 0. The molecule has 158 valence electrons. The number of rotatable bonds is 2. The topological polar surface area (TPSA) is 72.9 Å². The maximum absolute atomic E-state index is 12.3. The number of hydrogen-bond acceptors (Lipinski definition) is 3. The number of aromatic nitrogens is 2. The van der Waals surface area contributed by atoms with E-state index in [4.69, 9.17) is 10.6 Å². The number of carbonyl (C=O) groups excluding carboxylic acids is 1. The molecule has 1 aliphatic heterocycles. The van der Waals surface area contributed by atoms with Crippen molar-refractivity contribution in [1.29, 1.82) is 0 Å². The van der Waals surface area contributed by atoms with E-state index in [2.05, 4.69) is 32.8 Å². The smallest absolute Gasteiger partial charge is 0.339 e. The molecule has 0 bridgehead atoms. The summed E-state index contributed by atoms with van der Waals surface area (Å²) in [4.78, 5) is 22.4. The average molecular weight is 487 g/mol. The first-order valence-corrected chi connectivity index (χ1v) is 10.9. The molecule has 1 fully saturated rings. The summed E-state index contributed by atoms with van der Waals surface area (Å²) in [6, 6.07) is 20.9. The number of fused-ring (bicyclic) bond motifs is 1. The predicted octanol–water partition coefficient (Wildman–Crippen LogP) is 4.46. The van der Waals surface area contributed by atoms with E-state index >= 15 is 0 Å². The highest BCUT2D eigenvalue weighted by molar-refractivity contribution is 9.10. The van der Waals surface area contributed by atoms with E-state index in [0.29, 0.717) is 13.0 Å². The van der Waals surface area contributed by atoms with Crippen molar-refractivity contribution in [1.82, 2.24) is 14.4 Å². The minimum Gasteiger partial charge on any atom is -0.350 e. The van der Waals surface area contributed by atoms with Gasteiger partial charge >= 0.3 is 6.03 Å². The molecular weight excluding hydrogens is 468 g/mol. The number of urea groups is 1. The number of primary amides is 1. The van der Waals surface area contributed by atoms with E-state index in [9.17, 15) is 4.79 Å². The molecule has 3 heterocycles. The van der Waals surface area contributed by atoms with Gasteiger partial charge in [-0.05, 0) is 57.2 Å². The Kier molecular flexibility index (Phi) is 5.17. The molecule has 1 unspecified atom stereocenters. The molecule has 2 aromatic carbocycles. The maximum Gasteiger partial charge on any atom is 0.339 e. The van der Waals surface area contributed by atoms with Gasteiger partial charge in [-0.2, -0.15) is 5.06 Å². The van der Waals surface area contributed by atoms with Crippen LogP contribution in [0, 0.1) is 11.8 Å². The number of pyridine rings is 1. The van der Waals surface area contributed by atoms with E-state index in [0.717, 1.165) is 32.5 Å². The molecule has 1 aliphatic rings. The van der Waals surface area contributed by atoms with Crippen LogP contribution in [-0.4, -0.2) is 27.1 Å². The van der Waals surface area contributed by atoms with Crippen LogP contribution in [-0.2, 0) is 10.4 Å². The highest BCUT2D eigenvalue weighted by Crippen LogP contribution is 2.43. The van der Waals surface area contributed by atoms with Crippen LogP contribution in [0.15, 0.2) is 83.6 Å².